The van der Waals surface area contributed by atoms with Crippen molar-refractivity contribution in [2.24, 2.45) is 5.92 Å². The highest BCUT2D eigenvalue weighted by Crippen LogP contribution is 2.32. The maximum Gasteiger partial charge on any atom is 0.270 e. The summed E-state index contributed by atoms with van der Waals surface area (Å²) < 4.78 is 0. The summed E-state index contributed by atoms with van der Waals surface area (Å²) in [5.41, 5.74) is 2.84. The van der Waals surface area contributed by atoms with Gasteiger partial charge in [0, 0.05) is 50.7 Å². The van der Waals surface area contributed by atoms with Crippen molar-refractivity contribution in [1.82, 2.24) is 20.2 Å². The average Bonchev–Trinajstić information content (AvgIpc) is 3.13. The van der Waals surface area contributed by atoms with Crippen LogP contribution >= 0.6 is 0 Å². The van der Waals surface area contributed by atoms with Gasteiger partial charge in [-0.3, -0.25) is 9.69 Å². The second kappa shape index (κ2) is 7.38. The summed E-state index contributed by atoms with van der Waals surface area (Å²) in [5.74, 6) is 1.67. The Labute approximate surface area is 161 Å². The zero-order valence-electron chi connectivity index (χ0n) is 16.3. The van der Waals surface area contributed by atoms with E-state index in [1.54, 1.807) is 0 Å². The van der Waals surface area contributed by atoms with E-state index in [1.165, 1.54) is 38.5 Å². The fraction of sp³-hybridized carbons (Fsp3) is 0.762. The van der Waals surface area contributed by atoms with Gasteiger partial charge < -0.3 is 10.2 Å². The molecule has 0 radical (unpaired) electrons. The third-order valence-corrected chi connectivity index (χ3v) is 6.64. The van der Waals surface area contributed by atoms with Crippen molar-refractivity contribution in [3.63, 3.8) is 0 Å². The van der Waals surface area contributed by atoms with E-state index in [4.69, 9.17) is 9.97 Å². The molecule has 1 N–H and O–H groups in total. The second-order valence-electron chi connectivity index (χ2n) is 8.87. The quantitative estimate of drug-likeness (QED) is 0.864. The lowest BCUT2D eigenvalue weighted by Gasteiger charge is -2.30. The van der Waals surface area contributed by atoms with Crippen molar-refractivity contribution in [2.75, 3.05) is 31.1 Å². The van der Waals surface area contributed by atoms with E-state index in [-0.39, 0.29) is 5.91 Å². The van der Waals surface area contributed by atoms with E-state index in [2.05, 4.69) is 15.1 Å². The highest BCUT2D eigenvalue weighted by Gasteiger charge is 2.31. The van der Waals surface area contributed by atoms with Crippen LogP contribution in [0.25, 0.3) is 0 Å². The van der Waals surface area contributed by atoms with Crippen LogP contribution in [0.2, 0.25) is 0 Å². The SMILES string of the molecule is O=C(NC1CCCC1)c1nc(N2CCCC2)nc2c1CN(CC1CC1)CC2. The topological polar surface area (TPSA) is 61.4 Å². The number of aromatic nitrogens is 2. The van der Waals surface area contributed by atoms with E-state index in [9.17, 15) is 4.79 Å². The fourth-order valence-electron chi connectivity index (χ4n) is 4.85. The standard InChI is InChI=1S/C21H31N5O/c27-20(22-16-5-1-2-6-16)19-17-14-25(13-15-7-8-15)12-9-18(17)23-21(24-19)26-10-3-4-11-26/h15-16H,1-14H2,(H,22,27). The van der Waals surface area contributed by atoms with Crippen molar-refractivity contribution in [3.05, 3.63) is 17.0 Å². The molecule has 1 amide bonds. The van der Waals surface area contributed by atoms with Gasteiger partial charge in [-0.05, 0) is 44.4 Å². The summed E-state index contributed by atoms with van der Waals surface area (Å²) in [5, 5.41) is 3.26. The van der Waals surface area contributed by atoms with Gasteiger partial charge in [-0.15, -0.1) is 0 Å². The number of fused-ring (bicyclic) bond motifs is 1. The van der Waals surface area contributed by atoms with Crippen LogP contribution in [0.15, 0.2) is 0 Å². The van der Waals surface area contributed by atoms with Crippen LogP contribution < -0.4 is 10.2 Å². The number of hydrogen-bond acceptors (Lipinski definition) is 5. The molecule has 0 aromatic carbocycles. The van der Waals surface area contributed by atoms with Crippen LogP contribution in [0.3, 0.4) is 0 Å². The summed E-state index contributed by atoms with van der Waals surface area (Å²) in [6.45, 7) is 5.08. The summed E-state index contributed by atoms with van der Waals surface area (Å²) >= 11 is 0. The summed E-state index contributed by atoms with van der Waals surface area (Å²) in [6.07, 6.45) is 10.7. The minimum Gasteiger partial charge on any atom is -0.348 e. The molecule has 0 atom stereocenters. The van der Waals surface area contributed by atoms with Crippen LogP contribution in [0.5, 0.6) is 0 Å². The van der Waals surface area contributed by atoms with Gasteiger partial charge in [0.15, 0.2) is 0 Å². The van der Waals surface area contributed by atoms with Crippen molar-refractivity contribution in [1.29, 1.82) is 0 Å². The Morgan fingerprint density at radius 2 is 1.78 bits per heavy atom. The maximum atomic E-state index is 13.1. The highest BCUT2D eigenvalue weighted by atomic mass is 16.2. The average molecular weight is 370 g/mol. The zero-order valence-corrected chi connectivity index (χ0v) is 16.3. The molecule has 1 aromatic rings. The summed E-state index contributed by atoms with van der Waals surface area (Å²) in [7, 11) is 0. The molecule has 1 aromatic heterocycles. The zero-order chi connectivity index (χ0) is 18.2. The first-order chi connectivity index (χ1) is 13.3. The Morgan fingerprint density at radius 3 is 2.52 bits per heavy atom. The van der Waals surface area contributed by atoms with Crippen LogP contribution in [0, 0.1) is 5.92 Å². The van der Waals surface area contributed by atoms with Gasteiger partial charge >= 0.3 is 0 Å². The van der Waals surface area contributed by atoms with Crippen molar-refractivity contribution in [2.45, 2.75) is 70.4 Å². The molecular weight excluding hydrogens is 338 g/mol. The van der Waals surface area contributed by atoms with Crippen LogP contribution in [-0.2, 0) is 13.0 Å². The highest BCUT2D eigenvalue weighted by molar-refractivity contribution is 5.94. The fourth-order valence-corrected chi connectivity index (χ4v) is 4.85. The minimum atomic E-state index is 0.0225. The molecule has 27 heavy (non-hydrogen) atoms. The van der Waals surface area contributed by atoms with E-state index < -0.39 is 0 Å². The monoisotopic (exact) mass is 369 g/mol. The molecule has 5 rings (SSSR count). The summed E-state index contributed by atoms with van der Waals surface area (Å²) in [4.78, 5) is 27.6. The molecule has 6 heteroatoms. The number of anilines is 1. The van der Waals surface area contributed by atoms with Crippen LogP contribution in [-0.4, -0.2) is 53.0 Å². The van der Waals surface area contributed by atoms with Gasteiger partial charge in [0.25, 0.3) is 5.91 Å². The maximum absolute atomic E-state index is 13.1. The molecule has 4 aliphatic rings. The van der Waals surface area contributed by atoms with Gasteiger partial charge in [-0.2, -0.15) is 0 Å². The van der Waals surface area contributed by atoms with E-state index in [0.29, 0.717) is 11.7 Å². The molecule has 2 aliphatic carbocycles. The lowest BCUT2D eigenvalue weighted by molar-refractivity contribution is 0.0929. The lowest BCUT2D eigenvalue weighted by Crippen LogP contribution is -2.38. The Kier molecular flexibility index (Phi) is 4.76. The molecule has 0 unspecified atom stereocenters. The number of nitrogens with one attached hydrogen (secondary N) is 1. The minimum absolute atomic E-state index is 0.0225. The van der Waals surface area contributed by atoms with E-state index in [1.807, 2.05) is 0 Å². The number of amides is 1. The predicted octanol–water partition coefficient (Wildman–Crippen LogP) is 2.52. The first-order valence-corrected chi connectivity index (χ1v) is 10.9. The Hall–Kier alpha value is -1.69. The van der Waals surface area contributed by atoms with Gasteiger partial charge in [-0.1, -0.05) is 12.8 Å². The van der Waals surface area contributed by atoms with Gasteiger partial charge in [0.1, 0.15) is 5.69 Å². The Bertz CT molecular complexity index is 705. The molecule has 1 saturated heterocycles. The second-order valence-corrected chi connectivity index (χ2v) is 8.87. The third kappa shape index (κ3) is 3.82. The summed E-state index contributed by atoms with van der Waals surface area (Å²) in [6, 6.07) is 0.324. The predicted molar refractivity (Wildman–Crippen MR) is 105 cm³/mol. The largest absolute Gasteiger partial charge is 0.348 e. The number of carbonyl (C=O) groups is 1. The van der Waals surface area contributed by atoms with Crippen molar-refractivity contribution >= 4 is 11.9 Å². The Morgan fingerprint density at radius 1 is 1.00 bits per heavy atom. The number of nitrogens with zero attached hydrogens (tertiary/aromatic N) is 4. The first-order valence-electron chi connectivity index (χ1n) is 10.9. The third-order valence-electron chi connectivity index (χ3n) is 6.64. The molecule has 0 bridgehead atoms. The van der Waals surface area contributed by atoms with E-state index in [0.717, 1.165) is 75.1 Å². The van der Waals surface area contributed by atoms with Gasteiger partial charge in [-0.25, -0.2) is 9.97 Å². The van der Waals surface area contributed by atoms with Crippen LogP contribution in [0.4, 0.5) is 5.95 Å². The normalized spacial score (nSPS) is 23.6. The molecule has 146 valence electrons. The number of carbonyl (C=O) groups excluding carboxylic acids is 1. The number of rotatable bonds is 5. The van der Waals surface area contributed by atoms with Crippen LogP contribution in [0.1, 0.15) is 73.1 Å². The molecule has 6 nitrogen and oxygen atoms in total. The van der Waals surface area contributed by atoms with E-state index >= 15 is 0 Å². The first kappa shape index (κ1) is 17.4. The lowest BCUT2D eigenvalue weighted by atomic mass is 10.0. The molecule has 2 aliphatic heterocycles. The van der Waals surface area contributed by atoms with Crippen molar-refractivity contribution < 1.29 is 4.79 Å². The van der Waals surface area contributed by atoms with Crippen molar-refractivity contribution in [3.8, 4) is 0 Å². The van der Waals surface area contributed by atoms with Gasteiger partial charge in [0.05, 0.1) is 5.69 Å². The Balaban J connectivity index is 1.43. The molecule has 3 fully saturated rings. The molecular formula is C21H31N5O. The molecule has 3 heterocycles. The molecule has 0 spiro atoms. The number of hydrogen-bond donors (Lipinski definition) is 1. The van der Waals surface area contributed by atoms with Gasteiger partial charge in [0.2, 0.25) is 5.95 Å². The smallest absolute Gasteiger partial charge is 0.270 e. The molecule has 2 saturated carbocycles.